The first-order chi connectivity index (χ1) is 15.5. The van der Waals surface area contributed by atoms with E-state index >= 15 is 4.39 Å². The predicted octanol–water partition coefficient (Wildman–Crippen LogP) is 5.14. The van der Waals surface area contributed by atoms with Gasteiger partial charge in [0.2, 0.25) is 0 Å². The molecule has 0 saturated carbocycles. The second kappa shape index (κ2) is 9.52. The quantitative estimate of drug-likeness (QED) is 0.428. The van der Waals surface area contributed by atoms with Crippen LogP contribution in [0.1, 0.15) is 43.8 Å². The molecule has 1 heterocycles. The van der Waals surface area contributed by atoms with Crippen LogP contribution in [0.3, 0.4) is 0 Å². The number of nitrogens with zero attached hydrogens (tertiary/aromatic N) is 2. The predicted molar refractivity (Wildman–Crippen MR) is 120 cm³/mol. The number of aromatic nitrogens is 2. The van der Waals surface area contributed by atoms with Crippen LogP contribution in [0.2, 0.25) is 0 Å². The number of anilines is 1. The molecule has 1 aromatic heterocycles. The first kappa shape index (κ1) is 24.7. The van der Waals surface area contributed by atoms with Crippen LogP contribution in [0.15, 0.2) is 36.4 Å². The van der Waals surface area contributed by atoms with E-state index in [9.17, 15) is 13.9 Å². The molecule has 6 nitrogen and oxygen atoms in total. The van der Waals surface area contributed by atoms with Gasteiger partial charge >= 0.3 is 5.92 Å². The highest BCUT2D eigenvalue weighted by atomic mass is 19.3. The van der Waals surface area contributed by atoms with Crippen molar-refractivity contribution in [3.05, 3.63) is 59.2 Å². The molecule has 1 atom stereocenters. The van der Waals surface area contributed by atoms with E-state index in [0.29, 0.717) is 41.5 Å². The third kappa shape index (κ3) is 5.20. The minimum absolute atomic E-state index is 0.0216. The smallest absolute Gasteiger partial charge is 0.303 e. The Balaban J connectivity index is 1.97. The number of hydrogen-bond donors (Lipinski definition) is 2. The van der Waals surface area contributed by atoms with E-state index in [1.807, 2.05) is 0 Å². The highest BCUT2D eigenvalue weighted by Gasteiger charge is 2.49. The fraction of sp³-hybridized carbons (Fsp3) is 0.417. The summed E-state index contributed by atoms with van der Waals surface area (Å²) in [6, 6.07) is 8.36. The van der Waals surface area contributed by atoms with Crippen molar-refractivity contribution < 1.29 is 27.8 Å². The molecule has 0 bridgehead atoms. The Labute approximate surface area is 190 Å². The molecule has 0 spiro atoms. The largest absolute Gasteiger partial charge is 0.491 e. The number of aryl methyl sites for hydroxylation is 1. The molecule has 2 aromatic carbocycles. The molecule has 3 rings (SSSR count). The Morgan fingerprint density at radius 2 is 1.85 bits per heavy atom. The Bertz CT molecular complexity index is 1130. The van der Waals surface area contributed by atoms with Gasteiger partial charge in [-0.25, -0.2) is 14.4 Å². The van der Waals surface area contributed by atoms with E-state index in [-0.39, 0.29) is 5.56 Å². The average Bonchev–Trinajstić information content (AvgIpc) is 2.73. The summed E-state index contributed by atoms with van der Waals surface area (Å²) in [4.78, 5) is 8.84. The zero-order valence-electron chi connectivity index (χ0n) is 19.2. The normalized spacial score (nSPS) is 13.2. The van der Waals surface area contributed by atoms with Gasteiger partial charge in [0.1, 0.15) is 35.4 Å². The molecule has 178 valence electrons. The third-order valence-electron chi connectivity index (χ3n) is 5.29. The van der Waals surface area contributed by atoms with Gasteiger partial charge in [0, 0.05) is 18.1 Å². The minimum atomic E-state index is -3.78. The fourth-order valence-corrected chi connectivity index (χ4v) is 3.41. The number of hydrogen-bond acceptors (Lipinski definition) is 6. The van der Waals surface area contributed by atoms with E-state index in [4.69, 9.17) is 9.47 Å². The Kier molecular flexibility index (Phi) is 7.14. The molecule has 0 aliphatic heterocycles. The second-order valence-electron chi connectivity index (χ2n) is 8.35. The number of nitrogens with one attached hydrogen (secondary N) is 1. The van der Waals surface area contributed by atoms with Gasteiger partial charge in [-0.2, -0.15) is 8.78 Å². The number of ether oxygens (including phenoxy) is 2. The number of fused-ring (bicyclic) bond motifs is 1. The number of halogens is 3. The van der Waals surface area contributed by atoms with Gasteiger partial charge in [0.15, 0.2) is 0 Å². The van der Waals surface area contributed by atoms with E-state index < -0.39 is 28.9 Å². The summed E-state index contributed by atoms with van der Waals surface area (Å²) in [5, 5.41) is 13.6. The summed E-state index contributed by atoms with van der Waals surface area (Å²) in [6.07, 6.45) is 0. The summed E-state index contributed by atoms with van der Waals surface area (Å²) in [7, 11) is 1.58. The molecule has 3 aromatic rings. The molecule has 0 fully saturated rings. The maximum atomic E-state index is 15.2. The number of methoxy groups -OCH3 is 1. The van der Waals surface area contributed by atoms with Crippen molar-refractivity contribution in [2.24, 2.45) is 0 Å². The lowest BCUT2D eigenvalue weighted by atomic mass is 9.91. The summed E-state index contributed by atoms with van der Waals surface area (Å²) >= 11 is 0. The van der Waals surface area contributed by atoms with E-state index in [0.717, 1.165) is 19.9 Å². The molecule has 0 aliphatic rings. The van der Waals surface area contributed by atoms with Crippen molar-refractivity contribution >= 4 is 16.7 Å². The van der Waals surface area contributed by atoms with E-state index in [1.165, 1.54) is 12.1 Å². The zero-order valence-corrected chi connectivity index (χ0v) is 19.2. The van der Waals surface area contributed by atoms with E-state index in [2.05, 4.69) is 15.3 Å². The van der Waals surface area contributed by atoms with Gasteiger partial charge in [-0.1, -0.05) is 12.1 Å². The topological polar surface area (TPSA) is 76.5 Å². The van der Waals surface area contributed by atoms with Crippen molar-refractivity contribution in [3.8, 4) is 5.75 Å². The van der Waals surface area contributed by atoms with Crippen LogP contribution in [-0.2, 0) is 10.7 Å². The summed E-state index contributed by atoms with van der Waals surface area (Å²) < 4.78 is 55.2. The van der Waals surface area contributed by atoms with Gasteiger partial charge in [0.05, 0.1) is 23.7 Å². The molecule has 33 heavy (non-hydrogen) atoms. The molecule has 2 N–H and O–H groups in total. The standard InChI is InChI=1S/C24H28F3N3O3/c1-14(17-7-6-8-19(21(17)25)24(26,27)23(3,4)31)28-22-18-13-16(33-12-11-32-5)9-10-20(18)29-15(2)30-22/h6-10,13-14,31H,11-12H2,1-5H3,(H,28,29,30)/t14-/m1/s1. The second-order valence-corrected chi connectivity index (χ2v) is 8.35. The number of benzene rings is 2. The van der Waals surface area contributed by atoms with Crippen LogP contribution in [0.25, 0.3) is 10.9 Å². The minimum Gasteiger partial charge on any atom is -0.491 e. The molecular weight excluding hydrogens is 435 g/mol. The van der Waals surface area contributed by atoms with Crippen LogP contribution >= 0.6 is 0 Å². The maximum absolute atomic E-state index is 15.2. The van der Waals surface area contributed by atoms with Crippen LogP contribution in [0.5, 0.6) is 5.75 Å². The van der Waals surface area contributed by atoms with Gasteiger partial charge in [0.25, 0.3) is 0 Å². The van der Waals surface area contributed by atoms with Crippen molar-refractivity contribution in [3.63, 3.8) is 0 Å². The summed E-state index contributed by atoms with van der Waals surface area (Å²) in [6.45, 7) is 6.05. The maximum Gasteiger partial charge on any atom is 0.303 e. The van der Waals surface area contributed by atoms with Gasteiger partial charge in [-0.15, -0.1) is 0 Å². The van der Waals surface area contributed by atoms with Crippen molar-refractivity contribution in [1.29, 1.82) is 0 Å². The number of aliphatic hydroxyl groups is 1. The highest BCUT2D eigenvalue weighted by Crippen LogP contribution is 2.41. The lowest BCUT2D eigenvalue weighted by Crippen LogP contribution is -2.41. The first-order valence-electron chi connectivity index (χ1n) is 10.5. The first-order valence-corrected chi connectivity index (χ1v) is 10.5. The van der Waals surface area contributed by atoms with E-state index in [1.54, 1.807) is 39.2 Å². The van der Waals surface area contributed by atoms with Crippen LogP contribution in [-0.4, -0.2) is 41.0 Å². The molecule has 0 unspecified atom stereocenters. The Hall–Kier alpha value is -2.91. The SMILES string of the molecule is COCCOc1ccc2nc(C)nc(N[C@H](C)c3cccc(C(F)(F)C(C)(C)O)c3F)c2c1. The molecule has 0 aliphatic carbocycles. The molecule has 9 heteroatoms. The molecule has 0 amide bonds. The van der Waals surface area contributed by atoms with Crippen LogP contribution in [0.4, 0.5) is 19.0 Å². The van der Waals surface area contributed by atoms with Gasteiger partial charge in [-0.05, 0) is 52.0 Å². The van der Waals surface area contributed by atoms with Crippen LogP contribution in [0, 0.1) is 12.7 Å². The van der Waals surface area contributed by atoms with Crippen LogP contribution < -0.4 is 10.1 Å². The zero-order chi connectivity index (χ0) is 24.4. The highest BCUT2D eigenvalue weighted by molar-refractivity contribution is 5.90. The summed E-state index contributed by atoms with van der Waals surface area (Å²) in [5.41, 5.74) is -2.62. The van der Waals surface area contributed by atoms with Crippen molar-refractivity contribution in [2.45, 2.75) is 45.3 Å². The number of rotatable bonds is 9. The average molecular weight is 464 g/mol. The molecule has 0 radical (unpaired) electrons. The Morgan fingerprint density at radius 1 is 1.12 bits per heavy atom. The summed E-state index contributed by atoms with van der Waals surface area (Å²) in [5.74, 6) is -3.36. The monoisotopic (exact) mass is 463 g/mol. The van der Waals surface area contributed by atoms with Crippen molar-refractivity contribution in [2.75, 3.05) is 25.6 Å². The lowest BCUT2D eigenvalue weighted by molar-refractivity contribution is -0.170. The van der Waals surface area contributed by atoms with Gasteiger partial charge < -0.3 is 19.9 Å². The third-order valence-corrected chi connectivity index (χ3v) is 5.29. The fourth-order valence-electron chi connectivity index (χ4n) is 3.41. The van der Waals surface area contributed by atoms with Crippen molar-refractivity contribution in [1.82, 2.24) is 9.97 Å². The number of alkyl halides is 2. The molecule has 0 saturated heterocycles. The molecular formula is C24H28F3N3O3. The lowest BCUT2D eigenvalue weighted by Gasteiger charge is -2.30. The Morgan fingerprint density at radius 3 is 2.52 bits per heavy atom. The van der Waals surface area contributed by atoms with Gasteiger partial charge in [-0.3, -0.25) is 0 Å².